The average molecular weight is 211 g/mol. The van der Waals surface area contributed by atoms with Crippen LogP contribution >= 0.6 is 11.6 Å². The lowest BCUT2D eigenvalue weighted by molar-refractivity contribution is -0.113. The van der Waals surface area contributed by atoms with Gasteiger partial charge in [-0.25, -0.2) is 0 Å². The van der Waals surface area contributed by atoms with Gasteiger partial charge >= 0.3 is 0 Å². The standard InChI is InChI=1S/C11H11ClO2/c1-14-9-5-3-2-4-8(9)11(6-7-11)10(12)13/h2-5H,6-7H2,1H3. The Morgan fingerprint density at radius 2 is 2.07 bits per heavy atom. The van der Waals surface area contributed by atoms with E-state index in [-0.39, 0.29) is 5.24 Å². The zero-order chi connectivity index (χ0) is 10.2. The molecule has 2 nitrogen and oxygen atoms in total. The Bertz CT molecular complexity index is 369. The molecule has 1 fully saturated rings. The molecule has 0 heterocycles. The lowest BCUT2D eigenvalue weighted by Crippen LogP contribution is -2.15. The predicted molar refractivity (Wildman–Crippen MR) is 54.8 cm³/mol. The van der Waals surface area contributed by atoms with Crippen molar-refractivity contribution in [2.24, 2.45) is 0 Å². The molecule has 0 aliphatic heterocycles. The van der Waals surface area contributed by atoms with Gasteiger partial charge in [0.2, 0.25) is 5.24 Å². The monoisotopic (exact) mass is 210 g/mol. The second-order valence-corrected chi connectivity index (χ2v) is 3.90. The van der Waals surface area contributed by atoms with Gasteiger partial charge in [0, 0.05) is 5.56 Å². The maximum absolute atomic E-state index is 11.3. The van der Waals surface area contributed by atoms with Crippen molar-refractivity contribution in [1.82, 2.24) is 0 Å². The summed E-state index contributed by atoms with van der Waals surface area (Å²) in [7, 11) is 1.60. The summed E-state index contributed by atoms with van der Waals surface area (Å²) >= 11 is 5.60. The number of rotatable bonds is 3. The molecule has 14 heavy (non-hydrogen) atoms. The first-order valence-corrected chi connectivity index (χ1v) is 4.92. The van der Waals surface area contributed by atoms with E-state index >= 15 is 0 Å². The van der Waals surface area contributed by atoms with Gasteiger partial charge in [0.25, 0.3) is 0 Å². The van der Waals surface area contributed by atoms with Crippen LogP contribution in [0.25, 0.3) is 0 Å². The number of para-hydroxylation sites is 1. The highest BCUT2D eigenvalue weighted by molar-refractivity contribution is 6.66. The van der Waals surface area contributed by atoms with Gasteiger partial charge in [-0.3, -0.25) is 4.79 Å². The molecule has 0 saturated heterocycles. The number of methoxy groups -OCH3 is 1. The molecular formula is C11H11ClO2. The van der Waals surface area contributed by atoms with Crippen molar-refractivity contribution in [3.05, 3.63) is 29.8 Å². The van der Waals surface area contributed by atoms with E-state index in [1.165, 1.54) is 0 Å². The van der Waals surface area contributed by atoms with Crippen molar-refractivity contribution in [3.63, 3.8) is 0 Å². The minimum Gasteiger partial charge on any atom is -0.496 e. The second-order valence-electron chi connectivity index (χ2n) is 3.56. The summed E-state index contributed by atoms with van der Waals surface area (Å²) in [5, 5.41) is -0.276. The second kappa shape index (κ2) is 3.28. The van der Waals surface area contributed by atoms with Crippen LogP contribution in [-0.2, 0) is 10.2 Å². The molecule has 0 radical (unpaired) electrons. The van der Waals surface area contributed by atoms with E-state index < -0.39 is 5.41 Å². The minimum atomic E-state index is -0.464. The van der Waals surface area contributed by atoms with Crippen LogP contribution in [0.15, 0.2) is 24.3 Å². The van der Waals surface area contributed by atoms with E-state index in [4.69, 9.17) is 16.3 Å². The number of carbonyl (C=O) groups is 1. The molecule has 2 rings (SSSR count). The van der Waals surface area contributed by atoms with Crippen LogP contribution in [0.5, 0.6) is 5.75 Å². The fourth-order valence-electron chi connectivity index (χ4n) is 1.74. The van der Waals surface area contributed by atoms with Crippen LogP contribution in [0.2, 0.25) is 0 Å². The van der Waals surface area contributed by atoms with Crippen LogP contribution < -0.4 is 4.74 Å². The number of hydrogen-bond donors (Lipinski definition) is 0. The van der Waals surface area contributed by atoms with Crippen LogP contribution in [0.3, 0.4) is 0 Å². The Labute approximate surface area is 87.8 Å². The molecule has 0 unspecified atom stereocenters. The molecule has 1 aromatic carbocycles. The fourth-order valence-corrected chi connectivity index (χ4v) is 2.03. The minimum absolute atomic E-state index is 0.276. The summed E-state index contributed by atoms with van der Waals surface area (Å²) in [6.07, 6.45) is 1.66. The number of hydrogen-bond acceptors (Lipinski definition) is 2. The molecule has 1 aliphatic rings. The molecule has 0 N–H and O–H groups in total. The van der Waals surface area contributed by atoms with Crippen molar-refractivity contribution in [1.29, 1.82) is 0 Å². The third kappa shape index (κ3) is 1.30. The Morgan fingerprint density at radius 3 is 2.57 bits per heavy atom. The topological polar surface area (TPSA) is 26.3 Å². The van der Waals surface area contributed by atoms with Gasteiger partial charge in [0.1, 0.15) is 5.75 Å². The Balaban J connectivity index is 2.46. The highest BCUT2D eigenvalue weighted by Crippen LogP contribution is 2.52. The summed E-state index contributed by atoms with van der Waals surface area (Å²) in [6, 6.07) is 7.55. The molecule has 3 heteroatoms. The van der Waals surface area contributed by atoms with Crippen molar-refractivity contribution in [3.8, 4) is 5.75 Å². The highest BCUT2D eigenvalue weighted by atomic mass is 35.5. The molecule has 1 aromatic rings. The maximum atomic E-state index is 11.3. The van der Waals surface area contributed by atoms with Gasteiger partial charge in [-0.2, -0.15) is 0 Å². The average Bonchev–Trinajstić information content (AvgIpc) is 2.98. The van der Waals surface area contributed by atoms with Crippen molar-refractivity contribution in [2.75, 3.05) is 7.11 Å². The Kier molecular flexibility index (Phi) is 2.23. The Hall–Kier alpha value is -1.02. The van der Waals surface area contributed by atoms with Gasteiger partial charge in [0.05, 0.1) is 12.5 Å². The SMILES string of the molecule is COc1ccccc1C1(C(=O)Cl)CC1. The molecule has 0 atom stereocenters. The molecular weight excluding hydrogens is 200 g/mol. The van der Waals surface area contributed by atoms with Crippen molar-refractivity contribution < 1.29 is 9.53 Å². The summed E-state index contributed by atoms with van der Waals surface area (Å²) in [4.78, 5) is 11.3. The third-order valence-electron chi connectivity index (χ3n) is 2.75. The van der Waals surface area contributed by atoms with E-state index in [2.05, 4.69) is 0 Å². The van der Waals surface area contributed by atoms with Crippen LogP contribution in [0.1, 0.15) is 18.4 Å². The first kappa shape index (κ1) is 9.53. The lowest BCUT2D eigenvalue weighted by atomic mass is 9.96. The molecule has 0 spiro atoms. The zero-order valence-electron chi connectivity index (χ0n) is 7.92. The molecule has 74 valence electrons. The largest absolute Gasteiger partial charge is 0.496 e. The van der Waals surface area contributed by atoms with E-state index in [0.717, 1.165) is 24.2 Å². The maximum Gasteiger partial charge on any atom is 0.232 e. The summed E-state index contributed by atoms with van der Waals surface area (Å²) in [5.74, 6) is 0.749. The number of carbonyl (C=O) groups excluding carboxylic acids is 1. The molecule has 1 aliphatic carbocycles. The predicted octanol–water partition coefficient (Wildman–Crippen LogP) is 2.49. The smallest absolute Gasteiger partial charge is 0.232 e. The van der Waals surface area contributed by atoms with Gasteiger partial charge in [-0.05, 0) is 30.5 Å². The zero-order valence-corrected chi connectivity index (χ0v) is 8.67. The quantitative estimate of drug-likeness (QED) is 0.717. The molecule has 1 saturated carbocycles. The number of halogens is 1. The van der Waals surface area contributed by atoms with Crippen LogP contribution in [0, 0.1) is 0 Å². The molecule has 0 aromatic heterocycles. The summed E-state index contributed by atoms with van der Waals surface area (Å²) in [6.45, 7) is 0. The van der Waals surface area contributed by atoms with Crippen LogP contribution in [-0.4, -0.2) is 12.4 Å². The molecule has 0 bridgehead atoms. The first-order valence-electron chi connectivity index (χ1n) is 4.54. The normalized spacial score (nSPS) is 17.6. The van der Waals surface area contributed by atoms with E-state index in [9.17, 15) is 4.79 Å². The van der Waals surface area contributed by atoms with Gasteiger partial charge in [-0.1, -0.05) is 18.2 Å². The lowest BCUT2D eigenvalue weighted by Gasteiger charge is -2.14. The van der Waals surface area contributed by atoms with E-state index in [0.29, 0.717) is 0 Å². The van der Waals surface area contributed by atoms with Gasteiger partial charge < -0.3 is 4.74 Å². The third-order valence-corrected chi connectivity index (χ3v) is 3.11. The van der Waals surface area contributed by atoms with Crippen LogP contribution in [0.4, 0.5) is 0 Å². The van der Waals surface area contributed by atoms with E-state index in [1.807, 2.05) is 24.3 Å². The number of benzene rings is 1. The fraction of sp³-hybridized carbons (Fsp3) is 0.364. The first-order chi connectivity index (χ1) is 6.70. The van der Waals surface area contributed by atoms with Crippen molar-refractivity contribution in [2.45, 2.75) is 18.3 Å². The van der Waals surface area contributed by atoms with Crippen molar-refractivity contribution >= 4 is 16.8 Å². The van der Waals surface area contributed by atoms with E-state index in [1.54, 1.807) is 7.11 Å². The summed E-state index contributed by atoms with van der Waals surface area (Å²) in [5.41, 5.74) is 0.455. The molecule has 0 amide bonds. The van der Waals surface area contributed by atoms with Gasteiger partial charge in [-0.15, -0.1) is 0 Å². The summed E-state index contributed by atoms with van der Waals surface area (Å²) < 4.78 is 5.21. The van der Waals surface area contributed by atoms with Gasteiger partial charge in [0.15, 0.2) is 0 Å². The number of ether oxygens (including phenoxy) is 1. The Morgan fingerprint density at radius 1 is 1.43 bits per heavy atom. The highest BCUT2D eigenvalue weighted by Gasteiger charge is 2.51.